The van der Waals surface area contributed by atoms with E-state index >= 15 is 0 Å². The van der Waals surface area contributed by atoms with Gasteiger partial charge in [-0.15, -0.1) is 0 Å². The number of hydrogen-bond acceptors (Lipinski definition) is 5. The Labute approximate surface area is 247 Å². The first kappa shape index (κ1) is 38.0. The number of aliphatic carboxylic acids is 1. The minimum absolute atomic E-state index is 0. The second-order valence-corrected chi connectivity index (χ2v) is 11.7. The fourth-order valence-electron chi connectivity index (χ4n) is 4.93. The van der Waals surface area contributed by atoms with Crippen LogP contribution in [-0.2, 0) is 24.0 Å². The maximum atomic E-state index is 12.3. The van der Waals surface area contributed by atoms with Crippen LogP contribution in [0.1, 0.15) is 165 Å². The average Bonchev–Trinajstić information content (AvgIpc) is 2.91. The zero-order valence-electron chi connectivity index (χ0n) is 25.9. The highest BCUT2D eigenvalue weighted by Gasteiger charge is 2.22. The van der Waals surface area contributed by atoms with Gasteiger partial charge in [0.25, 0.3) is 0 Å². The van der Waals surface area contributed by atoms with Crippen LogP contribution in [0.5, 0.6) is 0 Å². The van der Waals surface area contributed by atoms with Crippen LogP contribution in [0, 0.1) is 11.8 Å². The van der Waals surface area contributed by atoms with Gasteiger partial charge in [0.1, 0.15) is 17.3 Å². The summed E-state index contributed by atoms with van der Waals surface area (Å²) in [5, 5.41) is 12.3. The molecule has 0 aliphatic carbocycles. The lowest BCUT2D eigenvalue weighted by Gasteiger charge is -2.12. The van der Waals surface area contributed by atoms with Gasteiger partial charge in [-0.2, -0.15) is 0 Å². The van der Waals surface area contributed by atoms with E-state index in [0.717, 1.165) is 38.5 Å². The number of carboxylic acid groups (broad SMARTS) is 1. The summed E-state index contributed by atoms with van der Waals surface area (Å²) in [5.74, 6) is -2.04. The normalized spacial score (nSPS) is 12.6. The smallest absolute Gasteiger partial charge is 0.306 e. The molecule has 2 N–H and O–H groups in total. The van der Waals surface area contributed by atoms with Crippen molar-refractivity contribution in [2.24, 2.45) is 11.8 Å². The van der Waals surface area contributed by atoms with Crippen molar-refractivity contribution in [2.45, 2.75) is 162 Å². The third kappa shape index (κ3) is 23.8. The molecule has 7 heteroatoms. The lowest BCUT2D eigenvalue weighted by molar-refractivity contribution is -0.144. The van der Waals surface area contributed by atoms with E-state index in [4.69, 9.17) is 0 Å². The molecule has 0 bridgehead atoms. The molecular formula is C33H63NO6. The molecule has 0 fully saturated rings. The van der Waals surface area contributed by atoms with E-state index in [9.17, 15) is 29.1 Å². The molecule has 0 saturated heterocycles. The minimum atomic E-state index is -1.02. The Morgan fingerprint density at radius 2 is 1.23 bits per heavy atom. The van der Waals surface area contributed by atoms with Gasteiger partial charge in [-0.25, -0.2) is 0 Å². The Kier molecular flexibility index (Phi) is 24.6. The zero-order chi connectivity index (χ0) is 30.0. The van der Waals surface area contributed by atoms with Crippen molar-refractivity contribution in [1.29, 1.82) is 0 Å². The van der Waals surface area contributed by atoms with Gasteiger partial charge >= 0.3 is 5.97 Å². The zero-order valence-corrected chi connectivity index (χ0v) is 25.9. The third-order valence-electron chi connectivity index (χ3n) is 7.76. The Balaban J connectivity index is -0.00000760. The molecule has 0 aromatic carbocycles. The van der Waals surface area contributed by atoms with Gasteiger partial charge in [-0.1, -0.05) is 97.3 Å². The molecule has 2 atom stereocenters. The second kappa shape index (κ2) is 25.9. The van der Waals surface area contributed by atoms with Crippen LogP contribution in [-0.4, -0.2) is 40.9 Å². The number of nitrogens with one attached hydrogen (secondary N) is 1. The summed E-state index contributed by atoms with van der Waals surface area (Å²) in [6.45, 7) is 6.07. The van der Waals surface area contributed by atoms with Crippen LogP contribution in [0.3, 0.4) is 0 Å². The lowest BCUT2D eigenvalue weighted by atomic mass is 9.94. The van der Waals surface area contributed by atoms with Crippen molar-refractivity contribution in [3.63, 3.8) is 0 Å². The highest BCUT2D eigenvalue weighted by Crippen LogP contribution is 2.17. The SMILES string of the molecule is CCCCCCCCCCCCCCCC(=O)C[C@@H](CCC(=O)NCCCC[C@H](C)C(=O)CCC(C)=O)C(=O)O.[HH].[HH]. The molecule has 0 radical (unpaired) electrons. The van der Waals surface area contributed by atoms with Crippen molar-refractivity contribution in [3.05, 3.63) is 0 Å². The number of rotatable bonds is 29. The summed E-state index contributed by atoms with van der Waals surface area (Å²) >= 11 is 0. The van der Waals surface area contributed by atoms with Gasteiger partial charge < -0.3 is 15.2 Å². The van der Waals surface area contributed by atoms with Crippen LogP contribution in [0.2, 0.25) is 0 Å². The van der Waals surface area contributed by atoms with Crippen LogP contribution in [0.15, 0.2) is 0 Å². The van der Waals surface area contributed by atoms with Gasteiger partial charge in [0.15, 0.2) is 0 Å². The largest absolute Gasteiger partial charge is 0.481 e. The fourth-order valence-corrected chi connectivity index (χ4v) is 4.93. The predicted octanol–water partition coefficient (Wildman–Crippen LogP) is 8.26. The Morgan fingerprint density at radius 3 is 1.75 bits per heavy atom. The molecule has 7 nitrogen and oxygen atoms in total. The number of Topliss-reactive ketones (excluding diaryl/α,β-unsaturated/α-hetero) is 3. The second-order valence-electron chi connectivity index (χ2n) is 11.7. The van der Waals surface area contributed by atoms with Crippen molar-refractivity contribution in [3.8, 4) is 0 Å². The average molecular weight is 570 g/mol. The number of carbonyl (C=O) groups is 5. The van der Waals surface area contributed by atoms with Crippen molar-refractivity contribution < 1.29 is 31.9 Å². The van der Waals surface area contributed by atoms with E-state index in [2.05, 4.69) is 12.2 Å². The molecule has 1 amide bonds. The number of carboxylic acids is 1. The van der Waals surface area contributed by atoms with E-state index in [-0.39, 0.29) is 51.3 Å². The Morgan fingerprint density at radius 1 is 0.675 bits per heavy atom. The first-order chi connectivity index (χ1) is 19.2. The van der Waals surface area contributed by atoms with E-state index in [1.165, 1.54) is 71.1 Å². The number of hydrogen-bond donors (Lipinski definition) is 2. The summed E-state index contributed by atoms with van der Waals surface area (Å²) in [4.78, 5) is 59.1. The van der Waals surface area contributed by atoms with Crippen LogP contribution >= 0.6 is 0 Å². The van der Waals surface area contributed by atoms with Gasteiger partial charge in [-0.05, 0) is 32.6 Å². The Hall–Kier alpha value is -2.05. The van der Waals surface area contributed by atoms with Crippen molar-refractivity contribution in [1.82, 2.24) is 5.32 Å². The first-order valence-corrected chi connectivity index (χ1v) is 16.2. The fraction of sp³-hybridized carbons (Fsp3) is 0.848. The van der Waals surface area contributed by atoms with Crippen molar-refractivity contribution in [2.75, 3.05) is 6.54 Å². The summed E-state index contributed by atoms with van der Waals surface area (Å²) in [7, 11) is 0. The van der Waals surface area contributed by atoms with Crippen molar-refractivity contribution >= 4 is 29.2 Å². The van der Waals surface area contributed by atoms with Crippen LogP contribution in [0.25, 0.3) is 0 Å². The number of ketones is 3. The molecular weight excluding hydrogens is 506 g/mol. The molecule has 0 aromatic heterocycles. The maximum absolute atomic E-state index is 12.3. The number of amides is 1. The predicted molar refractivity (Wildman–Crippen MR) is 165 cm³/mol. The molecule has 0 unspecified atom stereocenters. The molecule has 0 aliphatic heterocycles. The number of unbranched alkanes of at least 4 members (excludes halogenated alkanes) is 13. The Bertz CT molecular complexity index is 731. The lowest BCUT2D eigenvalue weighted by Crippen LogP contribution is -2.26. The quantitative estimate of drug-likeness (QED) is 0.0875. The molecule has 40 heavy (non-hydrogen) atoms. The minimum Gasteiger partial charge on any atom is -0.481 e. The van der Waals surface area contributed by atoms with Gasteiger partial charge in [0.2, 0.25) is 5.91 Å². The highest BCUT2D eigenvalue weighted by atomic mass is 16.4. The first-order valence-electron chi connectivity index (χ1n) is 16.2. The summed E-state index contributed by atoms with van der Waals surface area (Å²) in [5.41, 5.74) is 0. The maximum Gasteiger partial charge on any atom is 0.306 e. The molecule has 0 spiro atoms. The monoisotopic (exact) mass is 569 g/mol. The van der Waals surface area contributed by atoms with E-state index in [1.807, 2.05) is 6.92 Å². The topological polar surface area (TPSA) is 118 Å². The van der Waals surface area contributed by atoms with Gasteiger partial charge in [0, 0.05) is 47.4 Å². The van der Waals surface area contributed by atoms with Gasteiger partial charge in [-0.3, -0.25) is 19.2 Å². The molecule has 0 heterocycles. The van der Waals surface area contributed by atoms with Crippen LogP contribution in [0.4, 0.5) is 0 Å². The molecule has 0 aliphatic rings. The highest BCUT2D eigenvalue weighted by molar-refractivity contribution is 5.86. The third-order valence-corrected chi connectivity index (χ3v) is 7.76. The van der Waals surface area contributed by atoms with Crippen LogP contribution < -0.4 is 5.32 Å². The summed E-state index contributed by atoms with van der Waals surface area (Å²) < 4.78 is 0. The molecule has 0 saturated carbocycles. The van der Waals surface area contributed by atoms with E-state index in [0.29, 0.717) is 25.8 Å². The molecule has 0 aromatic rings. The van der Waals surface area contributed by atoms with E-state index in [1.54, 1.807) is 0 Å². The standard InChI is InChI=1S/C33H59NO6.2H2/c1-4-5-6-7-8-9-10-11-12-13-14-15-16-20-30(36)26-29(33(39)40)22-24-32(38)34-25-18-17-19-27(2)31(37)23-21-28(3)35;;/h27,29H,4-26H2,1-3H3,(H,34,38)(H,39,40);2*1H/t27-,29+;;/m0../s1. The molecule has 236 valence electrons. The number of carbonyl (C=O) groups excluding carboxylic acids is 4. The van der Waals surface area contributed by atoms with E-state index < -0.39 is 11.9 Å². The summed E-state index contributed by atoms with van der Waals surface area (Å²) in [6, 6.07) is 0. The van der Waals surface area contributed by atoms with Gasteiger partial charge in [0.05, 0.1) is 5.92 Å². The summed E-state index contributed by atoms with van der Waals surface area (Å²) in [6.07, 6.45) is 19.6. The molecule has 0 rings (SSSR count).